The van der Waals surface area contributed by atoms with Crippen molar-refractivity contribution in [3.8, 4) is 11.5 Å². The predicted octanol–water partition coefficient (Wildman–Crippen LogP) is 1.70. The Morgan fingerprint density at radius 1 is 1.25 bits per heavy atom. The third-order valence-corrected chi connectivity index (χ3v) is 3.18. The summed E-state index contributed by atoms with van der Waals surface area (Å²) in [6.45, 7) is 3.41. The zero-order chi connectivity index (χ0) is 12.0. The van der Waals surface area contributed by atoms with Crippen molar-refractivity contribution in [2.24, 2.45) is 7.05 Å². The molecule has 0 radical (unpaired) electrons. The van der Waals surface area contributed by atoms with Crippen molar-refractivity contribution in [1.29, 1.82) is 0 Å². The molecule has 0 aliphatic carbocycles. The van der Waals surface area contributed by atoms with E-state index in [9.17, 15) is 15.3 Å². The highest BCUT2D eigenvalue weighted by molar-refractivity contribution is 5.96. The number of nitrogens with zero attached hydrogens (tertiary/aromatic N) is 1. The monoisotopic (exact) mass is 221 g/mol. The standard InChI is InChI=1S/C12H15NO3/c1-6-4-9(15)11-10(12(6)16)8(5-14)7(2)13(11)3/h4,14-16H,5H2,1-3H3. The second kappa shape index (κ2) is 3.42. The van der Waals surface area contributed by atoms with Crippen LogP contribution in [0.3, 0.4) is 0 Å². The van der Waals surface area contributed by atoms with E-state index in [1.165, 1.54) is 6.07 Å². The van der Waals surface area contributed by atoms with Crippen LogP contribution in [0.4, 0.5) is 0 Å². The van der Waals surface area contributed by atoms with E-state index >= 15 is 0 Å². The smallest absolute Gasteiger partial charge is 0.140 e. The first-order valence-electron chi connectivity index (χ1n) is 5.09. The molecule has 0 unspecified atom stereocenters. The van der Waals surface area contributed by atoms with Crippen LogP contribution in [0.1, 0.15) is 16.8 Å². The lowest BCUT2D eigenvalue weighted by Gasteiger charge is -2.05. The van der Waals surface area contributed by atoms with Crippen molar-refractivity contribution in [2.45, 2.75) is 20.5 Å². The maximum Gasteiger partial charge on any atom is 0.140 e. The Labute approximate surface area is 93.4 Å². The molecular weight excluding hydrogens is 206 g/mol. The predicted molar refractivity (Wildman–Crippen MR) is 61.6 cm³/mol. The molecule has 0 aliphatic rings. The van der Waals surface area contributed by atoms with Gasteiger partial charge < -0.3 is 19.9 Å². The second-order valence-corrected chi connectivity index (χ2v) is 4.07. The first-order valence-corrected chi connectivity index (χ1v) is 5.09. The fraction of sp³-hybridized carbons (Fsp3) is 0.333. The quantitative estimate of drug-likeness (QED) is 0.642. The lowest BCUT2D eigenvalue weighted by molar-refractivity contribution is 0.282. The molecular formula is C12H15NO3. The minimum atomic E-state index is -0.153. The van der Waals surface area contributed by atoms with E-state index in [-0.39, 0.29) is 18.1 Å². The molecule has 3 N–H and O–H groups in total. The van der Waals surface area contributed by atoms with Gasteiger partial charge in [0.2, 0.25) is 0 Å². The molecule has 0 atom stereocenters. The lowest BCUT2D eigenvalue weighted by atomic mass is 10.1. The number of hydrogen-bond acceptors (Lipinski definition) is 3. The molecule has 2 rings (SSSR count). The van der Waals surface area contributed by atoms with Crippen molar-refractivity contribution in [1.82, 2.24) is 4.57 Å². The van der Waals surface area contributed by atoms with Crippen LogP contribution >= 0.6 is 0 Å². The van der Waals surface area contributed by atoms with Crippen LogP contribution in [0.15, 0.2) is 6.07 Å². The zero-order valence-corrected chi connectivity index (χ0v) is 9.57. The highest BCUT2D eigenvalue weighted by atomic mass is 16.3. The number of aromatic nitrogens is 1. The molecule has 0 bridgehead atoms. The topological polar surface area (TPSA) is 65.6 Å². The number of phenolic OH excluding ortho intramolecular Hbond substituents is 2. The summed E-state index contributed by atoms with van der Waals surface area (Å²) in [5.74, 6) is 0.246. The molecule has 4 heteroatoms. The van der Waals surface area contributed by atoms with E-state index in [1.54, 1.807) is 18.5 Å². The van der Waals surface area contributed by atoms with Gasteiger partial charge in [-0.3, -0.25) is 0 Å². The summed E-state index contributed by atoms with van der Waals surface area (Å²) in [7, 11) is 1.80. The van der Waals surface area contributed by atoms with Gasteiger partial charge in [-0.1, -0.05) is 0 Å². The summed E-state index contributed by atoms with van der Waals surface area (Å²) in [6.07, 6.45) is 0. The Bertz CT molecular complexity index is 570. The minimum Gasteiger partial charge on any atom is -0.507 e. The number of rotatable bonds is 1. The van der Waals surface area contributed by atoms with Crippen molar-refractivity contribution in [3.05, 3.63) is 22.9 Å². The minimum absolute atomic E-state index is 0.121. The van der Waals surface area contributed by atoms with Crippen LogP contribution < -0.4 is 0 Å². The largest absolute Gasteiger partial charge is 0.507 e. The maximum absolute atomic E-state index is 10.00. The van der Waals surface area contributed by atoms with Crippen LogP contribution in [-0.2, 0) is 13.7 Å². The Kier molecular flexibility index (Phi) is 2.31. The van der Waals surface area contributed by atoms with Crippen molar-refractivity contribution in [3.63, 3.8) is 0 Å². The first-order chi connectivity index (χ1) is 7.49. The SMILES string of the molecule is Cc1cc(O)c2c(c1O)c(CO)c(C)n2C. The van der Waals surface area contributed by atoms with Crippen LogP contribution in [0, 0.1) is 13.8 Å². The molecule has 0 saturated heterocycles. The van der Waals surface area contributed by atoms with Gasteiger partial charge in [-0.05, 0) is 25.5 Å². The van der Waals surface area contributed by atoms with Gasteiger partial charge in [-0.2, -0.15) is 0 Å². The van der Waals surface area contributed by atoms with Gasteiger partial charge in [-0.25, -0.2) is 0 Å². The van der Waals surface area contributed by atoms with Crippen LogP contribution in [0.2, 0.25) is 0 Å². The second-order valence-electron chi connectivity index (χ2n) is 4.07. The molecule has 0 spiro atoms. The molecule has 16 heavy (non-hydrogen) atoms. The van der Waals surface area contributed by atoms with Gasteiger partial charge in [-0.15, -0.1) is 0 Å². The fourth-order valence-electron chi connectivity index (χ4n) is 2.15. The normalized spacial score (nSPS) is 11.2. The molecule has 1 aromatic carbocycles. The van der Waals surface area contributed by atoms with E-state index < -0.39 is 0 Å². The number of aliphatic hydroxyl groups excluding tert-OH is 1. The van der Waals surface area contributed by atoms with Crippen LogP contribution in [-0.4, -0.2) is 19.9 Å². The maximum atomic E-state index is 10.00. The average Bonchev–Trinajstić information content (AvgIpc) is 2.49. The highest BCUT2D eigenvalue weighted by Gasteiger charge is 2.19. The van der Waals surface area contributed by atoms with E-state index in [2.05, 4.69) is 0 Å². The average molecular weight is 221 g/mol. The third-order valence-electron chi connectivity index (χ3n) is 3.18. The van der Waals surface area contributed by atoms with Gasteiger partial charge in [0.15, 0.2) is 0 Å². The molecule has 0 amide bonds. The summed E-state index contributed by atoms with van der Waals surface area (Å²) < 4.78 is 1.77. The first kappa shape index (κ1) is 10.8. The Balaban J connectivity index is 3.06. The number of benzene rings is 1. The van der Waals surface area contributed by atoms with Gasteiger partial charge in [0.25, 0.3) is 0 Å². The number of phenols is 2. The van der Waals surface area contributed by atoms with E-state index in [4.69, 9.17) is 0 Å². The molecule has 1 aromatic heterocycles. The molecule has 0 fully saturated rings. The van der Waals surface area contributed by atoms with Crippen molar-refractivity contribution >= 4 is 10.9 Å². The van der Waals surface area contributed by atoms with Crippen LogP contribution in [0.5, 0.6) is 11.5 Å². The summed E-state index contributed by atoms with van der Waals surface area (Å²) in [5, 5.41) is 29.7. The van der Waals surface area contributed by atoms with Gasteiger partial charge in [0.05, 0.1) is 17.5 Å². The third kappa shape index (κ3) is 1.20. The highest BCUT2D eigenvalue weighted by Crippen LogP contribution is 2.39. The fourth-order valence-corrected chi connectivity index (χ4v) is 2.15. The molecule has 0 aliphatic heterocycles. The Morgan fingerprint density at radius 3 is 2.44 bits per heavy atom. The van der Waals surface area contributed by atoms with Crippen molar-refractivity contribution < 1.29 is 15.3 Å². The number of fused-ring (bicyclic) bond motifs is 1. The Hall–Kier alpha value is -1.68. The molecule has 2 aromatic rings. The molecule has 86 valence electrons. The zero-order valence-electron chi connectivity index (χ0n) is 9.57. The van der Waals surface area contributed by atoms with E-state index in [0.29, 0.717) is 22.0 Å². The van der Waals surface area contributed by atoms with E-state index in [0.717, 1.165) is 5.69 Å². The summed E-state index contributed by atoms with van der Waals surface area (Å²) in [4.78, 5) is 0. The molecule has 0 saturated carbocycles. The lowest BCUT2D eigenvalue weighted by Crippen LogP contribution is -1.92. The van der Waals surface area contributed by atoms with Gasteiger partial charge >= 0.3 is 0 Å². The number of aryl methyl sites for hydroxylation is 2. The number of aliphatic hydroxyl groups is 1. The van der Waals surface area contributed by atoms with E-state index in [1.807, 2.05) is 6.92 Å². The summed E-state index contributed by atoms with van der Waals surface area (Å²) in [6, 6.07) is 1.53. The summed E-state index contributed by atoms with van der Waals surface area (Å²) in [5.41, 5.74) is 2.66. The Morgan fingerprint density at radius 2 is 1.88 bits per heavy atom. The number of hydrogen-bond donors (Lipinski definition) is 3. The van der Waals surface area contributed by atoms with Crippen molar-refractivity contribution in [2.75, 3.05) is 0 Å². The van der Waals surface area contributed by atoms with Crippen LogP contribution in [0.25, 0.3) is 10.9 Å². The molecule has 1 heterocycles. The number of aromatic hydroxyl groups is 2. The van der Waals surface area contributed by atoms with Gasteiger partial charge in [0.1, 0.15) is 11.5 Å². The van der Waals surface area contributed by atoms with Gasteiger partial charge in [0, 0.05) is 18.3 Å². The summed E-state index contributed by atoms with van der Waals surface area (Å²) >= 11 is 0. The molecule has 4 nitrogen and oxygen atoms in total.